The largest absolute Gasteiger partial charge is 0.343 e. The minimum absolute atomic E-state index is 0.340. The van der Waals surface area contributed by atoms with E-state index in [9.17, 15) is 13.0 Å². The minimum Gasteiger partial charge on any atom is -0.343 e. The maximum absolute atomic E-state index is 12.7. The molecule has 2 saturated heterocycles. The first-order valence-electron chi connectivity index (χ1n) is 10.9. The zero-order valence-corrected chi connectivity index (χ0v) is 20.0. The third-order valence-electron chi connectivity index (χ3n) is 6.52. The fourth-order valence-corrected chi connectivity index (χ4v) is 6.41. The van der Waals surface area contributed by atoms with Crippen molar-refractivity contribution in [1.29, 1.82) is 0 Å². The molecule has 12 heteroatoms. The Labute approximate surface area is 203 Å². The summed E-state index contributed by atoms with van der Waals surface area (Å²) in [4.78, 5) is 11.4. The molecule has 0 bridgehead atoms. The SMILES string of the molecule is O=S1CC(N2CCC(c3cc4nc(NC5C=NN(CC(F)F)C5Cl)ncc4cc3Cl)CC2)C1. The Morgan fingerprint density at radius 3 is 2.70 bits per heavy atom. The van der Waals surface area contributed by atoms with Crippen molar-refractivity contribution in [2.45, 2.75) is 42.8 Å². The summed E-state index contributed by atoms with van der Waals surface area (Å²) in [5, 5.41) is 9.72. The molecule has 2 aromatic rings. The number of alkyl halides is 3. The Kier molecular flexibility index (Phi) is 6.70. The topological polar surface area (TPSA) is 73.7 Å². The summed E-state index contributed by atoms with van der Waals surface area (Å²) in [6.07, 6.45) is 2.65. The van der Waals surface area contributed by atoms with Gasteiger partial charge in [-0.25, -0.2) is 18.7 Å². The van der Waals surface area contributed by atoms with Gasteiger partial charge in [-0.05, 0) is 49.5 Å². The van der Waals surface area contributed by atoms with Crippen molar-refractivity contribution in [3.63, 3.8) is 0 Å². The third-order valence-corrected chi connectivity index (χ3v) is 8.86. The van der Waals surface area contributed by atoms with Crippen molar-refractivity contribution in [3.05, 3.63) is 28.9 Å². The second-order valence-corrected chi connectivity index (χ2v) is 11.1. The smallest absolute Gasteiger partial charge is 0.257 e. The lowest BCUT2D eigenvalue weighted by Gasteiger charge is -2.41. The molecule has 1 aromatic heterocycles. The van der Waals surface area contributed by atoms with Crippen molar-refractivity contribution in [2.75, 3.05) is 36.5 Å². The average molecular weight is 517 g/mol. The normalized spacial score (nSPS) is 28.6. The van der Waals surface area contributed by atoms with Crippen LogP contribution < -0.4 is 5.32 Å². The van der Waals surface area contributed by atoms with Crippen LogP contribution in [-0.2, 0) is 10.8 Å². The number of likely N-dealkylation sites (tertiary alicyclic amines) is 1. The van der Waals surface area contributed by atoms with Crippen LogP contribution in [0.5, 0.6) is 0 Å². The van der Waals surface area contributed by atoms with Crippen LogP contribution in [0.4, 0.5) is 14.7 Å². The highest BCUT2D eigenvalue weighted by Gasteiger charge is 2.34. The van der Waals surface area contributed by atoms with Gasteiger partial charge in [-0.1, -0.05) is 23.2 Å². The first-order chi connectivity index (χ1) is 15.9. The highest BCUT2D eigenvalue weighted by atomic mass is 35.5. The number of fused-ring (bicyclic) bond motifs is 1. The quantitative estimate of drug-likeness (QED) is 0.467. The van der Waals surface area contributed by atoms with Gasteiger partial charge in [0.05, 0.1) is 18.3 Å². The lowest BCUT2D eigenvalue weighted by atomic mass is 9.88. The van der Waals surface area contributed by atoms with Gasteiger partial charge in [0.25, 0.3) is 6.43 Å². The zero-order chi connectivity index (χ0) is 23.1. The van der Waals surface area contributed by atoms with Gasteiger partial charge >= 0.3 is 0 Å². The van der Waals surface area contributed by atoms with E-state index in [1.54, 1.807) is 6.20 Å². The maximum atomic E-state index is 12.7. The van der Waals surface area contributed by atoms with Gasteiger partial charge in [0, 0.05) is 45.0 Å². The molecule has 3 aliphatic heterocycles. The second-order valence-electron chi connectivity index (χ2n) is 8.68. The number of hydrogen-bond donors (Lipinski definition) is 1. The molecule has 5 rings (SSSR count). The molecule has 0 amide bonds. The van der Waals surface area contributed by atoms with E-state index in [-0.39, 0.29) is 0 Å². The highest BCUT2D eigenvalue weighted by Crippen LogP contribution is 2.36. The number of piperidine rings is 1. The maximum Gasteiger partial charge on any atom is 0.257 e. The molecule has 1 N–H and O–H groups in total. The first kappa shape index (κ1) is 23.1. The molecular formula is C21H24Cl2F2N6OS. The molecule has 7 nitrogen and oxygen atoms in total. The number of halogens is 4. The summed E-state index contributed by atoms with van der Waals surface area (Å²) in [6.45, 7) is 1.43. The molecule has 3 aliphatic rings. The van der Waals surface area contributed by atoms with Gasteiger partial charge in [-0.2, -0.15) is 5.10 Å². The molecule has 4 heterocycles. The van der Waals surface area contributed by atoms with Crippen LogP contribution in [-0.4, -0.2) is 85.5 Å². The Morgan fingerprint density at radius 2 is 2.00 bits per heavy atom. The molecule has 1 aromatic carbocycles. The minimum atomic E-state index is -2.52. The number of benzene rings is 1. The molecule has 2 unspecified atom stereocenters. The monoisotopic (exact) mass is 516 g/mol. The van der Waals surface area contributed by atoms with Crippen LogP contribution in [0.2, 0.25) is 5.02 Å². The molecule has 2 atom stereocenters. The standard InChI is InChI=1S/C21H24Cl2F2N6OS/c22-16-5-13-7-26-21(29-18-8-27-31(20(18)23)9-19(24)25)28-17(13)6-15(16)12-1-3-30(4-2-12)14-10-33(32)11-14/h5-8,12,14,18-20H,1-4,9-11H2,(H,26,28,29). The van der Waals surface area contributed by atoms with Crippen LogP contribution in [0.3, 0.4) is 0 Å². The molecule has 0 saturated carbocycles. The van der Waals surface area contributed by atoms with Crippen molar-refractivity contribution in [2.24, 2.45) is 5.10 Å². The molecule has 33 heavy (non-hydrogen) atoms. The van der Waals surface area contributed by atoms with Crippen LogP contribution in [0.25, 0.3) is 10.9 Å². The number of rotatable bonds is 6. The van der Waals surface area contributed by atoms with Crippen molar-refractivity contribution in [1.82, 2.24) is 19.9 Å². The number of aromatic nitrogens is 2. The van der Waals surface area contributed by atoms with Crippen molar-refractivity contribution >= 4 is 57.1 Å². The lowest BCUT2D eigenvalue weighted by Crippen LogP contribution is -2.52. The van der Waals surface area contributed by atoms with Crippen molar-refractivity contribution in [3.8, 4) is 0 Å². The number of hydrazone groups is 1. The Balaban J connectivity index is 1.28. The second kappa shape index (κ2) is 9.56. The number of nitrogens with one attached hydrogen (secondary N) is 1. The summed E-state index contributed by atoms with van der Waals surface area (Å²) >= 11 is 12.9. The van der Waals surface area contributed by atoms with Gasteiger partial charge < -0.3 is 5.32 Å². The van der Waals surface area contributed by atoms with Gasteiger partial charge in [0.1, 0.15) is 11.5 Å². The summed E-state index contributed by atoms with van der Waals surface area (Å²) in [5.41, 5.74) is 1.08. The first-order valence-corrected chi connectivity index (χ1v) is 13.2. The number of nitrogens with zero attached hydrogens (tertiary/aromatic N) is 5. The van der Waals surface area contributed by atoms with E-state index in [1.807, 2.05) is 12.1 Å². The summed E-state index contributed by atoms with van der Waals surface area (Å²) < 4.78 is 36.8. The van der Waals surface area contributed by atoms with E-state index in [4.69, 9.17) is 23.2 Å². The zero-order valence-electron chi connectivity index (χ0n) is 17.7. The number of anilines is 1. The predicted molar refractivity (Wildman–Crippen MR) is 128 cm³/mol. The summed E-state index contributed by atoms with van der Waals surface area (Å²) in [6, 6.07) is 3.89. The van der Waals surface area contributed by atoms with E-state index < -0.39 is 35.3 Å². The Hall–Kier alpha value is -1.62. The molecule has 2 fully saturated rings. The lowest BCUT2D eigenvalue weighted by molar-refractivity contribution is 0.0884. The summed E-state index contributed by atoms with van der Waals surface area (Å²) in [7, 11) is -0.635. The summed E-state index contributed by atoms with van der Waals surface area (Å²) in [5.74, 6) is 2.28. The van der Waals surface area contributed by atoms with Gasteiger partial charge in [-0.3, -0.25) is 14.1 Å². The van der Waals surface area contributed by atoms with Crippen LogP contribution in [0.1, 0.15) is 24.3 Å². The van der Waals surface area contributed by atoms with E-state index >= 15 is 0 Å². The van der Waals surface area contributed by atoms with E-state index in [1.165, 1.54) is 6.21 Å². The van der Waals surface area contributed by atoms with E-state index in [0.29, 0.717) is 22.9 Å². The molecule has 0 radical (unpaired) electrons. The fourth-order valence-electron chi connectivity index (χ4n) is 4.64. The Bertz CT molecular complexity index is 1080. The van der Waals surface area contributed by atoms with Crippen molar-refractivity contribution < 1.29 is 13.0 Å². The van der Waals surface area contributed by atoms with Crippen LogP contribution >= 0.6 is 23.2 Å². The fraction of sp³-hybridized carbons (Fsp3) is 0.571. The van der Waals surface area contributed by atoms with E-state index in [2.05, 4.69) is 25.3 Å². The third kappa shape index (κ3) is 4.94. The van der Waals surface area contributed by atoms with E-state index in [0.717, 1.165) is 58.9 Å². The molecule has 178 valence electrons. The molecule has 0 aliphatic carbocycles. The van der Waals surface area contributed by atoms with Gasteiger partial charge in [0.2, 0.25) is 5.95 Å². The number of hydrogen-bond acceptors (Lipinski definition) is 7. The van der Waals surface area contributed by atoms with Gasteiger partial charge in [-0.15, -0.1) is 0 Å². The van der Waals surface area contributed by atoms with Gasteiger partial charge in [0.15, 0.2) is 0 Å². The molecular weight excluding hydrogens is 493 g/mol. The predicted octanol–water partition coefficient (Wildman–Crippen LogP) is 3.51. The highest BCUT2D eigenvalue weighted by molar-refractivity contribution is 7.86. The average Bonchev–Trinajstić information content (AvgIpc) is 3.10. The Morgan fingerprint density at radius 1 is 1.24 bits per heavy atom. The van der Waals surface area contributed by atoms with Crippen LogP contribution in [0, 0.1) is 0 Å². The molecule has 0 spiro atoms. The van der Waals surface area contributed by atoms with Crippen LogP contribution in [0.15, 0.2) is 23.4 Å².